The van der Waals surface area contributed by atoms with E-state index in [1.165, 1.54) is 19.3 Å². The van der Waals surface area contributed by atoms with E-state index in [0.717, 1.165) is 29.1 Å². The molecule has 1 N–H and O–H groups in total. The highest BCUT2D eigenvalue weighted by molar-refractivity contribution is 9.10. The van der Waals surface area contributed by atoms with Crippen LogP contribution in [0.1, 0.15) is 19.3 Å². The number of nitrogens with one attached hydrogen (secondary N) is 1. The van der Waals surface area contributed by atoms with Crippen LogP contribution in [0, 0.1) is 0 Å². The Morgan fingerprint density at radius 3 is 2.94 bits per heavy atom. The van der Waals surface area contributed by atoms with Crippen LogP contribution in [-0.2, 0) is 0 Å². The van der Waals surface area contributed by atoms with Crippen LogP contribution >= 0.6 is 15.9 Å². The van der Waals surface area contributed by atoms with E-state index >= 15 is 0 Å². The molecule has 1 atom stereocenters. The van der Waals surface area contributed by atoms with Gasteiger partial charge in [0.1, 0.15) is 18.1 Å². The lowest BCUT2D eigenvalue weighted by Gasteiger charge is -2.23. The fourth-order valence-corrected chi connectivity index (χ4v) is 2.45. The Morgan fingerprint density at radius 2 is 2.29 bits per heavy atom. The molecule has 3 nitrogen and oxygen atoms in total. The smallest absolute Gasteiger partial charge is 0.133 e. The molecule has 0 bridgehead atoms. The molecule has 1 aromatic rings. The van der Waals surface area contributed by atoms with Crippen molar-refractivity contribution < 1.29 is 9.47 Å². The number of ether oxygens (including phenoxy) is 2. The molecule has 0 spiro atoms. The third-order valence-corrected chi connectivity index (χ3v) is 3.61. The van der Waals surface area contributed by atoms with Gasteiger partial charge in [-0.25, -0.2) is 0 Å². The van der Waals surface area contributed by atoms with Crippen molar-refractivity contribution in [1.82, 2.24) is 5.32 Å². The van der Waals surface area contributed by atoms with Crippen LogP contribution in [0.25, 0.3) is 0 Å². The zero-order chi connectivity index (χ0) is 12.1. The van der Waals surface area contributed by atoms with Gasteiger partial charge in [-0.05, 0) is 53.5 Å². The largest absolute Gasteiger partial charge is 0.497 e. The van der Waals surface area contributed by atoms with Gasteiger partial charge < -0.3 is 14.8 Å². The first-order valence-corrected chi connectivity index (χ1v) is 6.78. The number of rotatable bonds is 4. The summed E-state index contributed by atoms with van der Waals surface area (Å²) < 4.78 is 11.9. The lowest BCUT2D eigenvalue weighted by Crippen LogP contribution is -2.38. The van der Waals surface area contributed by atoms with Crippen molar-refractivity contribution in [1.29, 1.82) is 0 Å². The second-order valence-corrected chi connectivity index (χ2v) is 5.11. The predicted molar refractivity (Wildman–Crippen MR) is 71.8 cm³/mol. The Kier molecular flexibility index (Phi) is 4.68. The molecule has 94 valence electrons. The van der Waals surface area contributed by atoms with Crippen molar-refractivity contribution in [3.05, 3.63) is 22.7 Å². The summed E-state index contributed by atoms with van der Waals surface area (Å²) in [6.45, 7) is 1.84. The van der Waals surface area contributed by atoms with Gasteiger partial charge in [-0.2, -0.15) is 0 Å². The maximum absolute atomic E-state index is 5.81. The molecule has 0 radical (unpaired) electrons. The number of piperidine rings is 1. The zero-order valence-electron chi connectivity index (χ0n) is 10.0. The van der Waals surface area contributed by atoms with Gasteiger partial charge in [-0.15, -0.1) is 0 Å². The Hall–Kier alpha value is -0.740. The molecule has 1 saturated heterocycles. The topological polar surface area (TPSA) is 30.5 Å². The second kappa shape index (κ2) is 6.26. The van der Waals surface area contributed by atoms with Crippen LogP contribution in [0.3, 0.4) is 0 Å². The summed E-state index contributed by atoms with van der Waals surface area (Å²) in [7, 11) is 1.66. The minimum absolute atomic E-state index is 0.484. The average molecular weight is 300 g/mol. The third kappa shape index (κ3) is 3.61. The van der Waals surface area contributed by atoms with Gasteiger partial charge in [0.2, 0.25) is 0 Å². The SMILES string of the molecule is COc1ccc(OCC2CCCCN2)c(Br)c1. The van der Waals surface area contributed by atoms with Crippen LogP contribution < -0.4 is 14.8 Å². The molecule has 1 unspecified atom stereocenters. The fourth-order valence-electron chi connectivity index (χ4n) is 1.98. The first kappa shape index (κ1) is 12.7. The Labute approximate surface area is 111 Å². The number of benzene rings is 1. The van der Waals surface area contributed by atoms with Gasteiger partial charge in [0, 0.05) is 6.04 Å². The molecule has 1 aliphatic rings. The first-order valence-electron chi connectivity index (χ1n) is 5.99. The van der Waals surface area contributed by atoms with E-state index in [1.54, 1.807) is 7.11 Å². The summed E-state index contributed by atoms with van der Waals surface area (Å²) in [6.07, 6.45) is 3.78. The highest BCUT2D eigenvalue weighted by atomic mass is 79.9. The number of hydrogen-bond acceptors (Lipinski definition) is 3. The molecule has 1 aliphatic heterocycles. The van der Waals surface area contributed by atoms with E-state index in [2.05, 4.69) is 21.2 Å². The standard InChI is InChI=1S/C13H18BrNO2/c1-16-11-5-6-13(12(14)8-11)17-9-10-4-2-3-7-15-10/h5-6,8,10,15H,2-4,7,9H2,1H3. The molecular weight excluding hydrogens is 282 g/mol. The van der Waals surface area contributed by atoms with Crippen LogP contribution in [0.15, 0.2) is 22.7 Å². The summed E-state index contributed by atoms with van der Waals surface area (Å²) in [5, 5.41) is 3.47. The Balaban J connectivity index is 1.89. The minimum atomic E-state index is 0.484. The van der Waals surface area contributed by atoms with Crippen LogP contribution in [-0.4, -0.2) is 26.3 Å². The highest BCUT2D eigenvalue weighted by Gasteiger charge is 2.13. The summed E-state index contributed by atoms with van der Waals surface area (Å²) in [4.78, 5) is 0. The zero-order valence-corrected chi connectivity index (χ0v) is 11.6. The second-order valence-electron chi connectivity index (χ2n) is 4.25. The van der Waals surface area contributed by atoms with E-state index in [4.69, 9.17) is 9.47 Å². The van der Waals surface area contributed by atoms with Crippen molar-refractivity contribution in [3.8, 4) is 11.5 Å². The van der Waals surface area contributed by atoms with E-state index in [0.29, 0.717) is 6.04 Å². The van der Waals surface area contributed by atoms with Crippen molar-refractivity contribution >= 4 is 15.9 Å². The van der Waals surface area contributed by atoms with Crippen LogP contribution in [0.2, 0.25) is 0 Å². The normalized spacial score (nSPS) is 20.0. The van der Waals surface area contributed by atoms with Crippen molar-refractivity contribution in [2.45, 2.75) is 25.3 Å². The molecule has 1 heterocycles. The monoisotopic (exact) mass is 299 g/mol. The molecule has 1 fully saturated rings. The van der Waals surface area contributed by atoms with Gasteiger partial charge in [-0.1, -0.05) is 6.42 Å². The van der Waals surface area contributed by atoms with Crippen LogP contribution in [0.5, 0.6) is 11.5 Å². The first-order chi connectivity index (χ1) is 8.29. The molecule has 4 heteroatoms. The van der Waals surface area contributed by atoms with Gasteiger partial charge >= 0.3 is 0 Å². The third-order valence-electron chi connectivity index (χ3n) is 2.99. The van der Waals surface area contributed by atoms with E-state index in [1.807, 2.05) is 18.2 Å². The van der Waals surface area contributed by atoms with Gasteiger partial charge in [0.15, 0.2) is 0 Å². The predicted octanol–water partition coefficient (Wildman–Crippen LogP) is 2.98. The lowest BCUT2D eigenvalue weighted by molar-refractivity contribution is 0.237. The molecule has 0 amide bonds. The van der Waals surface area contributed by atoms with E-state index < -0.39 is 0 Å². The quantitative estimate of drug-likeness (QED) is 0.927. The lowest BCUT2D eigenvalue weighted by atomic mass is 10.1. The van der Waals surface area contributed by atoms with Crippen LogP contribution in [0.4, 0.5) is 0 Å². The number of hydrogen-bond donors (Lipinski definition) is 1. The van der Waals surface area contributed by atoms with Gasteiger partial charge in [0.25, 0.3) is 0 Å². The Morgan fingerprint density at radius 1 is 1.41 bits per heavy atom. The fraction of sp³-hybridized carbons (Fsp3) is 0.538. The van der Waals surface area contributed by atoms with E-state index in [9.17, 15) is 0 Å². The molecule has 1 aromatic carbocycles. The summed E-state index contributed by atoms with van der Waals surface area (Å²) in [5.74, 6) is 1.71. The summed E-state index contributed by atoms with van der Waals surface area (Å²) in [5.41, 5.74) is 0. The summed E-state index contributed by atoms with van der Waals surface area (Å²) in [6, 6.07) is 6.25. The molecule has 0 saturated carbocycles. The molecule has 0 aromatic heterocycles. The number of halogens is 1. The highest BCUT2D eigenvalue weighted by Crippen LogP contribution is 2.29. The van der Waals surface area contributed by atoms with Gasteiger partial charge in [0.05, 0.1) is 11.6 Å². The van der Waals surface area contributed by atoms with Crippen molar-refractivity contribution in [2.24, 2.45) is 0 Å². The van der Waals surface area contributed by atoms with E-state index in [-0.39, 0.29) is 0 Å². The average Bonchev–Trinajstić information content (AvgIpc) is 2.38. The minimum Gasteiger partial charge on any atom is -0.497 e. The number of methoxy groups -OCH3 is 1. The van der Waals surface area contributed by atoms with Crippen molar-refractivity contribution in [3.63, 3.8) is 0 Å². The molecule has 0 aliphatic carbocycles. The maximum atomic E-state index is 5.81. The molecular formula is C13H18BrNO2. The summed E-state index contributed by atoms with van der Waals surface area (Å²) >= 11 is 3.49. The maximum Gasteiger partial charge on any atom is 0.133 e. The molecule has 2 rings (SSSR count). The molecule has 17 heavy (non-hydrogen) atoms. The Bertz CT molecular complexity index is 364. The van der Waals surface area contributed by atoms with Gasteiger partial charge in [-0.3, -0.25) is 0 Å². The van der Waals surface area contributed by atoms with Crippen molar-refractivity contribution in [2.75, 3.05) is 20.3 Å².